The summed E-state index contributed by atoms with van der Waals surface area (Å²) in [6, 6.07) is 7.49. The van der Waals surface area contributed by atoms with Crippen LogP contribution in [0.25, 0.3) is 0 Å². The van der Waals surface area contributed by atoms with Crippen LogP contribution in [0.3, 0.4) is 0 Å². The van der Waals surface area contributed by atoms with E-state index in [9.17, 15) is 4.79 Å². The zero-order valence-corrected chi connectivity index (χ0v) is 13.7. The second-order valence-electron chi connectivity index (χ2n) is 5.60. The molecule has 1 aromatic heterocycles. The average molecular weight is 316 g/mol. The van der Waals surface area contributed by atoms with Gasteiger partial charge in [0.15, 0.2) is 0 Å². The predicted octanol–water partition coefficient (Wildman–Crippen LogP) is 3.02. The van der Waals surface area contributed by atoms with E-state index in [0.717, 1.165) is 24.2 Å². The molecule has 6 heteroatoms. The molecule has 0 radical (unpaired) electrons. The first-order chi connectivity index (χ1) is 11.1. The van der Waals surface area contributed by atoms with Gasteiger partial charge in [0.2, 0.25) is 0 Å². The first-order valence-corrected chi connectivity index (χ1v) is 7.84. The fourth-order valence-electron chi connectivity index (χ4n) is 2.06. The number of rotatable bonds is 8. The number of imidazole rings is 1. The molecule has 0 spiro atoms. The molecule has 0 atom stereocenters. The maximum absolute atomic E-state index is 11.9. The summed E-state index contributed by atoms with van der Waals surface area (Å²) < 4.78 is 7.55. The first kappa shape index (κ1) is 17.0. The third-order valence-corrected chi connectivity index (χ3v) is 3.21. The molecule has 0 aliphatic carbocycles. The molecule has 1 heterocycles. The van der Waals surface area contributed by atoms with Crippen LogP contribution >= 0.6 is 0 Å². The quantitative estimate of drug-likeness (QED) is 0.736. The normalized spacial score (nSPS) is 10.7. The third-order valence-electron chi connectivity index (χ3n) is 3.21. The lowest BCUT2D eigenvalue weighted by molar-refractivity contribution is 0.0657. The Morgan fingerprint density at radius 3 is 3.00 bits per heavy atom. The van der Waals surface area contributed by atoms with Crippen LogP contribution < -0.4 is 10.6 Å². The zero-order chi connectivity index (χ0) is 16.5. The minimum Gasteiger partial charge on any atom is -0.374 e. The molecular formula is C17H24N4O2. The SMILES string of the molecule is CC(C)OCc1cccc(NC(=O)NCCCn2ccnc2)c1. The van der Waals surface area contributed by atoms with Gasteiger partial charge in [0.05, 0.1) is 19.0 Å². The third kappa shape index (κ3) is 6.52. The lowest BCUT2D eigenvalue weighted by atomic mass is 10.2. The minimum atomic E-state index is -0.197. The number of nitrogens with zero attached hydrogens (tertiary/aromatic N) is 2. The summed E-state index contributed by atoms with van der Waals surface area (Å²) in [5.74, 6) is 0. The maximum atomic E-state index is 11.9. The second kappa shape index (κ2) is 8.95. The van der Waals surface area contributed by atoms with Crippen molar-refractivity contribution in [3.05, 3.63) is 48.5 Å². The number of hydrogen-bond donors (Lipinski definition) is 2. The number of aryl methyl sites for hydroxylation is 1. The van der Waals surface area contributed by atoms with Crippen molar-refractivity contribution in [1.29, 1.82) is 0 Å². The number of nitrogens with one attached hydrogen (secondary N) is 2. The molecule has 2 aromatic rings. The predicted molar refractivity (Wildman–Crippen MR) is 90.2 cm³/mol. The van der Waals surface area contributed by atoms with Crippen LogP contribution in [0.15, 0.2) is 43.0 Å². The van der Waals surface area contributed by atoms with Crippen LogP contribution in [0.1, 0.15) is 25.8 Å². The number of anilines is 1. The van der Waals surface area contributed by atoms with Crippen molar-refractivity contribution in [3.8, 4) is 0 Å². The largest absolute Gasteiger partial charge is 0.374 e. The fraction of sp³-hybridized carbons (Fsp3) is 0.412. The van der Waals surface area contributed by atoms with E-state index in [1.165, 1.54) is 0 Å². The van der Waals surface area contributed by atoms with Gasteiger partial charge in [-0.3, -0.25) is 0 Å². The number of carbonyl (C=O) groups is 1. The summed E-state index contributed by atoms with van der Waals surface area (Å²) in [5, 5.41) is 5.69. The van der Waals surface area contributed by atoms with E-state index in [1.54, 1.807) is 12.5 Å². The number of aromatic nitrogens is 2. The van der Waals surface area contributed by atoms with Gasteiger partial charge in [0.1, 0.15) is 0 Å². The van der Waals surface area contributed by atoms with E-state index in [4.69, 9.17) is 4.74 Å². The van der Waals surface area contributed by atoms with Gasteiger partial charge in [-0.1, -0.05) is 12.1 Å². The van der Waals surface area contributed by atoms with Gasteiger partial charge in [-0.2, -0.15) is 0 Å². The van der Waals surface area contributed by atoms with Gasteiger partial charge in [-0.05, 0) is 38.0 Å². The summed E-state index contributed by atoms with van der Waals surface area (Å²) in [4.78, 5) is 15.9. The number of urea groups is 1. The van der Waals surface area contributed by atoms with Crippen molar-refractivity contribution in [2.75, 3.05) is 11.9 Å². The smallest absolute Gasteiger partial charge is 0.319 e. The molecule has 2 amide bonds. The van der Waals surface area contributed by atoms with E-state index in [2.05, 4.69) is 15.6 Å². The molecule has 2 N–H and O–H groups in total. The fourth-order valence-corrected chi connectivity index (χ4v) is 2.06. The number of hydrogen-bond acceptors (Lipinski definition) is 3. The molecule has 0 saturated heterocycles. The Hall–Kier alpha value is -2.34. The van der Waals surface area contributed by atoms with Crippen LogP contribution in [0.4, 0.5) is 10.5 Å². The molecule has 0 saturated carbocycles. The molecule has 124 valence electrons. The van der Waals surface area contributed by atoms with Gasteiger partial charge >= 0.3 is 6.03 Å². The van der Waals surface area contributed by atoms with E-state index in [-0.39, 0.29) is 12.1 Å². The van der Waals surface area contributed by atoms with Gasteiger partial charge in [0, 0.05) is 31.2 Å². The first-order valence-electron chi connectivity index (χ1n) is 7.84. The van der Waals surface area contributed by atoms with E-state index in [1.807, 2.05) is 48.9 Å². The number of benzene rings is 1. The van der Waals surface area contributed by atoms with Gasteiger partial charge in [-0.25, -0.2) is 9.78 Å². The Morgan fingerprint density at radius 1 is 1.39 bits per heavy atom. The van der Waals surface area contributed by atoms with Crippen LogP contribution in [0.2, 0.25) is 0 Å². The van der Waals surface area contributed by atoms with Gasteiger partial charge in [0.25, 0.3) is 0 Å². The molecule has 0 aliphatic rings. The van der Waals surface area contributed by atoms with Crippen molar-refractivity contribution >= 4 is 11.7 Å². The highest BCUT2D eigenvalue weighted by Gasteiger charge is 2.03. The van der Waals surface area contributed by atoms with Crippen molar-refractivity contribution in [1.82, 2.24) is 14.9 Å². The lowest BCUT2D eigenvalue weighted by Crippen LogP contribution is -2.30. The van der Waals surface area contributed by atoms with E-state index in [0.29, 0.717) is 13.2 Å². The monoisotopic (exact) mass is 316 g/mol. The molecule has 0 aliphatic heterocycles. The average Bonchev–Trinajstić information content (AvgIpc) is 3.03. The summed E-state index contributed by atoms with van der Waals surface area (Å²) in [5.41, 5.74) is 1.80. The molecule has 0 bridgehead atoms. The topological polar surface area (TPSA) is 68.2 Å². The van der Waals surface area contributed by atoms with Crippen molar-refractivity contribution in [3.63, 3.8) is 0 Å². The van der Waals surface area contributed by atoms with Gasteiger partial charge < -0.3 is 19.9 Å². The highest BCUT2D eigenvalue weighted by Crippen LogP contribution is 2.12. The van der Waals surface area contributed by atoms with Crippen LogP contribution in [0.5, 0.6) is 0 Å². The Labute approximate surface area is 136 Å². The van der Waals surface area contributed by atoms with Crippen molar-refractivity contribution < 1.29 is 9.53 Å². The van der Waals surface area contributed by atoms with Gasteiger partial charge in [-0.15, -0.1) is 0 Å². The van der Waals surface area contributed by atoms with Crippen LogP contribution in [-0.2, 0) is 17.9 Å². The van der Waals surface area contributed by atoms with Crippen LogP contribution in [0, 0.1) is 0 Å². The van der Waals surface area contributed by atoms with Crippen molar-refractivity contribution in [2.45, 2.75) is 39.5 Å². The molecule has 23 heavy (non-hydrogen) atoms. The minimum absolute atomic E-state index is 0.186. The van der Waals surface area contributed by atoms with E-state index >= 15 is 0 Å². The molecule has 0 unspecified atom stereocenters. The number of ether oxygens (including phenoxy) is 1. The summed E-state index contributed by atoms with van der Waals surface area (Å²) >= 11 is 0. The van der Waals surface area contributed by atoms with Crippen molar-refractivity contribution in [2.24, 2.45) is 0 Å². The molecule has 6 nitrogen and oxygen atoms in total. The highest BCUT2D eigenvalue weighted by molar-refractivity contribution is 5.89. The summed E-state index contributed by atoms with van der Waals surface area (Å²) in [6.07, 6.45) is 6.46. The standard InChI is InChI=1S/C17H24N4O2/c1-14(2)23-12-15-5-3-6-16(11-15)20-17(22)19-7-4-9-21-10-8-18-13-21/h3,5-6,8,10-11,13-14H,4,7,9,12H2,1-2H3,(H2,19,20,22). The summed E-state index contributed by atoms with van der Waals surface area (Å²) in [6.45, 7) is 5.99. The molecule has 2 rings (SSSR count). The zero-order valence-electron chi connectivity index (χ0n) is 13.7. The van der Waals surface area contributed by atoms with Crippen LogP contribution in [-0.4, -0.2) is 28.2 Å². The second-order valence-corrected chi connectivity index (χ2v) is 5.60. The molecule has 0 fully saturated rings. The number of amides is 2. The lowest BCUT2D eigenvalue weighted by Gasteiger charge is -2.11. The Bertz CT molecular complexity index is 596. The Morgan fingerprint density at radius 2 is 2.26 bits per heavy atom. The number of carbonyl (C=O) groups excluding carboxylic acids is 1. The highest BCUT2D eigenvalue weighted by atomic mass is 16.5. The maximum Gasteiger partial charge on any atom is 0.319 e. The summed E-state index contributed by atoms with van der Waals surface area (Å²) in [7, 11) is 0. The Balaban J connectivity index is 1.70. The van der Waals surface area contributed by atoms with E-state index < -0.39 is 0 Å². The molecular weight excluding hydrogens is 292 g/mol. The molecule has 1 aromatic carbocycles. The Kier molecular flexibility index (Phi) is 6.62.